The third-order valence-electron chi connectivity index (χ3n) is 3.28. The number of fused-ring (bicyclic) bond motifs is 1. The molecule has 2 aromatic heterocycles. The third kappa shape index (κ3) is 3.85. The minimum Gasteiger partial charge on any atom is -0.493 e. The number of aryl methyl sites for hydroxylation is 1. The van der Waals surface area contributed by atoms with Gasteiger partial charge < -0.3 is 9.47 Å². The first-order valence-corrected chi connectivity index (χ1v) is 7.40. The Labute approximate surface area is 133 Å². The Morgan fingerprint density at radius 3 is 2.70 bits per heavy atom. The van der Waals surface area contributed by atoms with E-state index in [0.717, 1.165) is 5.75 Å². The van der Waals surface area contributed by atoms with Crippen LogP contribution in [0.5, 0.6) is 11.8 Å². The van der Waals surface area contributed by atoms with Gasteiger partial charge in [0.05, 0.1) is 18.6 Å². The topological polar surface area (TPSA) is 77.1 Å². The second-order valence-corrected chi connectivity index (χ2v) is 5.11. The van der Waals surface area contributed by atoms with Crippen molar-refractivity contribution in [2.75, 3.05) is 13.2 Å². The van der Waals surface area contributed by atoms with Crippen molar-refractivity contribution in [3.05, 3.63) is 58.5 Å². The number of benzene rings is 1. The molecule has 0 radical (unpaired) electrons. The van der Waals surface area contributed by atoms with Crippen LogP contribution in [0.4, 0.5) is 0 Å². The van der Waals surface area contributed by atoms with Crippen molar-refractivity contribution >= 4 is 11.0 Å². The fourth-order valence-corrected chi connectivity index (χ4v) is 2.07. The van der Waals surface area contributed by atoms with E-state index < -0.39 is 0 Å². The molecule has 1 aromatic carbocycles. The first-order valence-electron chi connectivity index (χ1n) is 7.40. The molecule has 6 heteroatoms. The van der Waals surface area contributed by atoms with E-state index in [2.05, 4.69) is 15.0 Å². The molecule has 0 saturated heterocycles. The van der Waals surface area contributed by atoms with Gasteiger partial charge in [0.2, 0.25) is 0 Å². The minimum atomic E-state index is -0.256. The standard InChI is InChI=1S/C17H17N3O3/c1-12-5-7-13(8-6-12)22-10-3-11-23-17-19-15-14(16(21)20-17)4-2-9-18-15/h2,4-9H,3,10-11H2,1H3,(H,18,19,20,21). The van der Waals surface area contributed by atoms with Crippen LogP contribution >= 0.6 is 0 Å². The third-order valence-corrected chi connectivity index (χ3v) is 3.28. The fourth-order valence-electron chi connectivity index (χ4n) is 2.07. The van der Waals surface area contributed by atoms with Crippen molar-refractivity contribution < 1.29 is 9.47 Å². The molecule has 0 unspecified atom stereocenters. The lowest BCUT2D eigenvalue weighted by Crippen LogP contribution is -2.13. The summed E-state index contributed by atoms with van der Waals surface area (Å²) < 4.78 is 11.1. The predicted molar refractivity (Wildman–Crippen MR) is 86.9 cm³/mol. The van der Waals surface area contributed by atoms with Crippen molar-refractivity contribution in [1.29, 1.82) is 0 Å². The number of rotatable bonds is 6. The monoisotopic (exact) mass is 311 g/mol. The zero-order valence-corrected chi connectivity index (χ0v) is 12.8. The maximum atomic E-state index is 11.9. The predicted octanol–water partition coefficient (Wildman–Crippen LogP) is 2.47. The number of hydrogen-bond acceptors (Lipinski definition) is 5. The van der Waals surface area contributed by atoms with Gasteiger partial charge in [-0.15, -0.1) is 0 Å². The van der Waals surface area contributed by atoms with Crippen LogP contribution in [0.3, 0.4) is 0 Å². The Balaban J connectivity index is 1.51. The number of H-pyrrole nitrogens is 1. The van der Waals surface area contributed by atoms with Crippen LogP contribution in [0, 0.1) is 6.92 Å². The molecular formula is C17H17N3O3. The van der Waals surface area contributed by atoms with Gasteiger partial charge in [0, 0.05) is 12.6 Å². The summed E-state index contributed by atoms with van der Waals surface area (Å²) >= 11 is 0. The Hall–Kier alpha value is -2.89. The summed E-state index contributed by atoms with van der Waals surface area (Å²) in [5.41, 5.74) is 1.32. The highest BCUT2D eigenvalue weighted by atomic mass is 16.5. The van der Waals surface area contributed by atoms with Gasteiger partial charge in [-0.2, -0.15) is 4.98 Å². The first kappa shape index (κ1) is 15.0. The van der Waals surface area contributed by atoms with Gasteiger partial charge in [0.1, 0.15) is 5.75 Å². The zero-order valence-electron chi connectivity index (χ0n) is 12.8. The maximum absolute atomic E-state index is 11.9. The Morgan fingerprint density at radius 1 is 1.09 bits per heavy atom. The molecule has 0 atom stereocenters. The molecule has 0 saturated carbocycles. The molecule has 23 heavy (non-hydrogen) atoms. The van der Waals surface area contributed by atoms with Crippen LogP contribution in [0.25, 0.3) is 11.0 Å². The summed E-state index contributed by atoms with van der Waals surface area (Å²) in [7, 11) is 0. The number of ether oxygens (including phenoxy) is 2. The zero-order chi connectivity index (χ0) is 16.1. The Bertz CT molecular complexity index is 844. The minimum absolute atomic E-state index is 0.177. The number of aromatic nitrogens is 3. The van der Waals surface area contributed by atoms with E-state index in [1.165, 1.54) is 5.56 Å². The molecule has 0 spiro atoms. The second kappa shape index (κ2) is 6.91. The lowest BCUT2D eigenvalue weighted by atomic mass is 10.2. The number of hydrogen-bond donors (Lipinski definition) is 1. The summed E-state index contributed by atoms with van der Waals surface area (Å²) in [4.78, 5) is 22.7. The molecule has 0 bridgehead atoms. The number of pyridine rings is 1. The lowest BCUT2D eigenvalue weighted by molar-refractivity contribution is 0.236. The highest BCUT2D eigenvalue weighted by molar-refractivity contribution is 5.72. The molecule has 3 rings (SSSR count). The molecule has 118 valence electrons. The molecule has 6 nitrogen and oxygen atoms in total. The lowest BCUT2D eigenvalue weighted by Gasteiger charge is -2.07. The van der Waals surface area contributed by atoms with Gasteiger partial charge in [-0.05, 0) is 31.2 Å². The van der Waals surface area contributed by atoms with E-state index in [1.807, 2.05) is 31.2 Å². The molecule has 0 aliphatic carbocycles. The van der Waals surface area contributed by atoms with Gasteiger partial charge in [0.25, 0.3) is 11.6 Å². The molecule has 3 aromatic rings. The van der Waals surface area contributed by atoms with Gasteiger partial charge in [-0.3, -0.25) is 9.78 Å². The Kier molecular flexibility index (Phi) is 4.52. The SMILES string of the molecule is Cc1ccc(OCCCOc2nc3ncccc3c(=O)[nH]2)cc1. The Morgan fingerprint density at radius 2 is 1.87 bits per heavy atom. The van der Waals surface area contributed by atoms with E-state index in [-0.39, 0.29) is 11.6 Å². The number of aromatic amines is 1. The quantitative estimate of drug-likeness (QED) is 0.708. The van der Waals surface area contributed by atoms with Crippen molar-refractivity contribution in [2.45, 2.75) is 13.3 Å². The second-order valence-electron chi connectivity index (χ2n) is 5.11. The van der Waals surface area contributed by atoms with E-state index in [0.29, 0.717) is 30.7 Å². The average molecular weight is 311 g/mol. The normalized spacial score (nSPS) is 10.7. The van der Waals surface area contributed by atoms with E-state index in [1.54, 1.807) is 18.3 Å². The number of nitrogens with zero attached hydrogens (tertiary/aromatic N) is 2. The van der Waals surface area contributed by atoms with E-state index in [4.69, 9.17) is 9.47 Å². The summed E-state index contributed by atoms with van der Waals surface area (Å²) in [5.74, 6) is 0.831. The van der Waals surface area contributed by atoms with Crippen LogP contribution in [0.15, 0.2) is 47.4 Å². The smallest absolute Gasteiger partial charge is 0.298 e. The van der Waals surface area contributed by atoms with Crippen LogP contribution in [0.2, 0.25) is 0 Å². The van der Waals surface area contributed by atoms with Gasteiger partial charge in [0.15, 0.2) is 5.65 Å². The number of nitrogens with one attached hydrogen (secondary N) is 1. The fraction of sp³-hybridized carbons (Fsp3) is 0.235. The van der Waals surface area contributed by atoms with Gasteiger partial charge >= 0.3 is 0 Å². The van der Waals surface area contributed by atoms with Crippen LogP contribution in [0.1, 0.15) is 12.0 Å². The molecule has 0 amide bonds. The van der Waals surface area contributed by atoms with Crippen LogP contribution in [-0.4, -0.2) is 28.2 Å². The van der Waals surface area contributed by atoms with Crippen LogP contribution in [-0.2, 0) is 0 Å². The average Bonchev–Trinajstić information content (AvgIpc) is 2.56. The van der Waals surface area contributed by atoms with Gasteiger partial charge in [-0.25, -0.2) is 4.98 Å². The van der Waals surface area contributed by atoms with Crippen molar-refractivity contribution in [2.24, 2.45) is 0 Å². The van der Waals surface area contributed by atoms with Gasteiger partial charge in [-0.1, -0.05) is 17.7 Å². The highest BCUT2D eigenvalue weighted by Gasteiger charge is 2.04. The van der Waals surface area contributed by atoms with E-state index >= 15 is 0 Å². The summed E-state index contributed by atoms with van der Waals surface area (Å²) in [6.07, 6.45) is 2.27. The summed E-state index contributed by atoms with van der Waals surface area (Å²) in [6.45, 7) is 2.95. The summed E-state index contributed by atoms with van der Waals surface area (Å²) in [5, 5.41) is 0.447. The molecule has 2 heterocycles. The van der Waals surface area contributed by atoms with Crippen molar-refractivity contribution in [3.8, 4) is 11.8 Å². The molecule has 1 N–H and O–H groups in total. The molecule has 0 aliphatic rings. The highest BCUT2D eigenvalue weighted by Crippen LogP contribution is 2.11. The van der Waals surface area contributed by atoms with Crippen molar-refractivity contribution in [3.63, 3.8) is 0 Å². The molecule has 0 aliphatic heterocycles. The van der Waals surface area contributed by atoms with Crippen molar-refractivity contribution in [1.82, 2.24) is 15.0 Å². The van der Waals surface area contributed by atoms with Crippen LogP contribution < -0.4 is 15.0 Å². The molecular weight excluding hydrogens is 294 g/mol. The molecule has 0 fully saturated rings. The first-order chi connectivity index (χ1) is 11.2. The maximum Gasteiger partial charge on any atom is 0.298 e. The van der Waals surface area contributed by atoms with E-state index in [9.17, 15) is 4.79 Å². The largest absolute Gasteiger partial charge is 0.493 e. The summed E-state index contributed by atoms with van der Waals surface area (Å²) in [6, 6.07) is 11.4.